The Balaban J connectivity index is 2.60. The number of nitrogens with one attached hydrogen (secondary N) is 1. The third kappa shape index (κ3) is 5.20. The summed E-state index contributed by atoms with van der Waals surface area (Å²) >= 11 is 0.383. The minimum Gasteiger partial charge on any atom is -0.480 e. The number of amides is 1. The predicted molar refractivity (Wildman–Crippen MR) is 69.8 cm³/mol. The molecule has 0 unspecified atom stereocenters. The van der Waals surface area contributed by atoms with Gasteiger partial charge in [0, 0.05) is 0 Å². The Morgan fingerprint density at radius 1 is 1.45 bits per heavy atom. The molecule has 0 aliphatic rings. The van der Waals surface area contributed by atoms with E-state index >= 15 is 0 Å². The first kappa shape index (κ1) is 16.5. The van der Waals surface area contributed by atoms with Gasteiger partial charge in [-0.3, -0.25) is 4.79 Å². The quantitative estimate of drug-likeness (QED) is 0.772. The molecule has 1 aromatic heterocycles. The van der Waals surface area contributed by atoms with Gasteiger partial charge in [-0.2, -0.15) is 8.78 Å². The molecule has 0 saturated carbocycles. The van der Waals surface area contributed by atoms with E-state index < -0.39 is 23.7 Å². The summed E-state index contributed by atoms with van der Waals surface area (Å²) in [5.74, 6) is -4.21. The number of rotatable bonds is 8. The van der Waals surface area contributed by atoms with E-state index in [2.05, 4.69) is 5.32 Å². The van der Waals surface area contributed by atoms with Crippen LogP contribution in [0.2, 0.25) is 0 Å². The van der Waals surface area contributed by atoms with Crippen LogP contribution in [-0.4, -0.2) is 28.8 Å². The topological polar surface area (TPSA) is 79.5 Å². The summed E-state index contributed by atoms with van der Waals surface area (Å²) in [6.45, 7) is 1.80. The maximum Gasteiger partial charge on any atom is 0.326 e. The Morgan fingerprint density at radius 3 is 2.70 bits per heavy atom. The molecular formula is C12H15F2NO4S. The molecule has 1 heterocycles. The number of halogens is 2. The van der Waals surface area contributed by atoms with E-state index in [9.17, 15) is 18.4 Å². The van der Waals surface area contributed by atoms with Crippen molar-refractivity contribution >= 4 is 23.6 Å². The summed E-state index contributed by atoms with van der Waals surface area (Å²) in [6, 6.07) is 1.76. The van der Waals surface area contributed by atoms with E-state index in [4.69, 9.17) is 9.52 Å². The van der Waals surface area contributed by atoms with Crippen molar-refractivity contribution in [1.29, 1.82) is 0 Å². The highest BCUT2D eigenvalue weighted by Gasteiger charge is 2.21. The van der Waals surface area contributed by atoms with Crippen LogP contribution in [0.3, 0.4) is 0 Å². The molecule has 0 fully saturated rings. The molecule has 0 aliphatic heterocycles. The smallest absolute Gasteiger partial charge is 0.326 e. The lowest BCUT2D eigenvalue weighted by Crippen LogP contribution is -2.40. The number of alkyl halides is 2. The van der Waals surface area contributed by atoms with Crippen LogP contribution in [0.1, 0.15) is 36.1 Å². The lowest BCUT2D eigenvalue weighted by molar-refractivity contribution is -0.139. The molecule has 5 nitrogen and oxygen atoms in total. The van der Waals surface area contributed by atoms with E-state index in [0.29, 0.717) is 24.6 Å². The van der Waals surface area contributed by atoms with Crippen LogP contribution in [0.15, 0.2) is 16.5 Å². The van der Waals surface area contributed by atoms with Gasteiger partial charge >= 0.3 is 5.97 Å². The van der Waals surface area contributed by atoms with Gasteiger partial charge in [-0.1, -0.05) is 25.1 Å². The van der Waals surface area contributed by atoms with E-state index in [0.717, 1.165) is 0 Å². The standard InChI is InChI=1S/C12H15F2NO4S/c1-2-3-8(11(17)18)15-10(16)9-5-4-7(19-9)6-20-12(13)14/h4-5,8,12H,2-3,6H2,1H3,(H,15,16)(H,17,18)/t8-/m1/s1. The molecule has 0 aliphatic carbocycles. The fourth-order valence-corrected chi connectivity index (χ4v) is 1.94. The Hall–Kier alpha value is -1.57. The summed E-state index contributed by atoms with van der Waals surface area (Å²) in [6.07, 6.45) is 0.904. The van der Waals surface area contributed by atoms with Crippen molar-refractivity contribution in [3.63, 3.8) is 0 Å². The second kappa shape index (κ2) is 7.88. The molecule has 1 atom stereocenters. The van der Waals surface area contributed by atoms with Gasteiger partial charge in [0.1, 0.15) is 11.8 Å². The van der Waals surface area contributed by atoms with Gasteiger partial charge in [-0.05, 0) is 18.6 Å². The van der Waals surface area contributed by atoms with E-state index in [1.807, 2.05) is 0 Å². The molecule has 20 heavy (non-hydrogen) atoms. The largest absolute Gasteiger partial charge is 0.480 e. The minimum absolute atomic E-state index is 0.0533. The summed E-state index contributed by atoms with van der Waals surface area (Å²) in [5, 5.41) is 11.2. The van der Waals surface area contributed by atoms with Crippen LogP contribution in [-0.2, 0) is 10.5 Å². The summed E-state index contributed by atoms with van der Waals surface area (Å²) in [5.41, 5.74) is 0. The van der Waals surface area contributed by atoms with Gasteiger partial charge in [0.15, 0.2) is 5.76 Å². The normalized spacial score (nSPS) is 12.4. The van der Waals surface area contributed by atoms with Crippen LogP contribution < -0.4 is 5.32 Å². The van der Waals surface area contributed by atoms with Crippen molar-refractivity contribution in [3.05, 3.63) is 23.7 Å². The number of furan rings is 1. The number of hydrogen-bond acceptors (Lipinski definition) is 4. The van der Waals surface area contributed by atoms with Gasteiger partial charge in [0.2, 0.25) is 0 Å². The Morgan fingerprint density at radius 2 is 2.15 bits per heavy atom. The first-order chi connectivity index (χ1) is 9.43. The lowest BCUT2D eigenvalue weighted by Gasteiger charge is -2.12. The average molecular weight is 307 g/mol. The number of carbonyl (C=O) groups excluding carboxylic acids is 1. The average Bonchev–Trinajstić information content (AvgIpc) is 2.84. The number of carboxylic acids is 1. The zero-order chi connectivity index (χ0) is 15.1. The monoisotopic (exact) mass is 307 g/mol. The number of hydrogen-bond donors (Lipinski definition) is 2. The zero-order valence-corrected chi connectivity index (χ0v) is 11.6. The van der Waals surface area contributed by atoms with Crippen LogP contribution in [0.5, 0.6) is 0 Å². The summed E-state index contributed by atoms with van der Waals surface area (Å²) < 4.78 is 29.1. The molecule has 0 bridgehead atoms. The molecule has 1 amide bonds. The summed E-state index contributed by atoms with van der Waals surface area (Å²) in [7, 11) is 0. The molecule has 1 aromatic rings. The van der Waals surface area contributed by atoms with Crippen molar-refractivity contribution < 1.29 is 27.9 Å². The Bertz CT molecular complexity index is 464. The zero-order valence-electron chi connectivity index (χ0n) is 10.8. The van der Waals surface area contributed by atoms with Crippen molar-refractivity contribution in [2.24, 2.45) is 0 Å². The van der Waals surface area contributed by atoms with Crippen molar-refractivity contribution in [2.45, 2.75) is 37.3 Å². The fraction of sp³-hybridized carbons (Fsp3) is 0.500. The van der Waals surface area contributed by atoms with Crippen molar-refractivity contribution in [3.8, 4) is 0 Å². The molecule has 0 spiro atoms. The highest BCUT2D eigenvalue weighted by molar-refractivity contribution is 7.98. The highest BCUT2D eigenvalue weighted by atomic mass is 32.2. The third-order valence-corrected chi connectivity index (χ3v) is 3.12. The second-order valence-corrected chi connectivity index (χ2v) is 4.97. The van der Waals surface area contributed by atoms with Gasteiger partial charge in [-0.25, -0.2) is 4.79 Å². The maximum absolute atomic E-state index is 12.0. The maximum atomic E-state index is 12.0. The van der Waals surface area contributed by atoms with Crippen LogP contribution in [0.25, 0.3) is 0 Å². The molecule has 112 valence electrons. The molecule has 1 rings (SSSR count). The Labute approximate surface area is 118 Å². The molecule has 0 saturated heterocycles. The number of carboxylic acid groups (broad SMARTS) is 1. The van der Waals surface area contributed by atoms with Gasteiger partial charge in [0.25, 0.3) is 11.7 Å². The molecule has 8 heteroatoms. The third-order valence-electron chi connectivity index (χ3n) is 2.42. The Kier molecular flexibility index (Phi) is 6.50. The van der Waals surface area contributed by atoms with Crippen molar-refractivity contribution in [1.82, 2.24) is 5.32 Å². The first-order valence-electron chi connectivity index (χ1n) is 5.96. The number of aliphatic carboxylic acids is 1. The lowest BCUT2D eigenvalue weighted by atomic mass is 10.1. The predicted octanol–water partition coefficient (Wildman–Crippen LogP) is 2.72. The number of thioether (sulfide) groups is 1. The SMILES string of the molecule is CCC[C@@H](NC(=O)c1ccc(CSC(F)F)o1)C(=O)O. The summed E-state index contributed by atoms with van der Waals surface area (Å²) in [4.78, 5) is 22.7. The van der Waals surface area contributed by atoms with E-state index in [1.54, 1.807) is 6.92 Å². The van der Waals surface area contributed by atoms with Crippen LogP contribution in [0, 0.1) is 0 Å². The number of carbonyl (C=O) groups is 2. The fourth-order valence-electron chi connectivity index (χ4n) is 1.50. The minimum atomic E-state index is -2.52. The van der Waals surface area contributed by atoms with Gasteiger partial charge < -0.3 is 14.8 Å². The molecular weight excluding hydrogens is 292 g/mol. The molecule has 0 radical (unpaired) electrons. The van der Waals surface area contributed by atoms with Gasteiger partial charge in [0.05, 0.1) is 5.75 Å². The van der Waals surface area contributed by atoms with E-state index in [1.165, 1.54) is 12.1 Å². The van der Waals surface area contributed by atoms with Gasteiger partial charge in [-0.15, -0.1) is 0 Å². The van der Waals surface area contributed by atoms with E-state index in [-0.39, 0.29) is 17.3 Å². The second-order valence-electron chi connectivity index (χ2n) is 3.99. The van der Waals surface area contributed by atoms with Crippen LogP contribution in [0.4, 0.5) is 8.78 Å². The van der Waals surface area contributed by atoms with Crippen molar-refractivity contribution in [2.75, 3.05) is 0 Å². The molecule has 0 aromatic carbocycles. The van der Waals surface area contributed by atoms with Crippen LogP contribution >= 0.6 is 11.8 Å². The first-order valence-corrected chi connectivity index (χ1v) is 7.01. The molecule has 2 N–H and O–H groups in total. The highest BCUT2D eigenvalue weighted by Crippen LogP contribution is 2.21.